The molecule has 27 heavy (non-hydrogen) atoms. The van der Waals surface area contributed by atoms with Crippen molar-refractivity contribution in [3.8, 4) is 0 Å². The molecule has 0 aromatic rings. The molecule has 1 spiro atoms. The molecule has 2 heterocycles. The van der Waals surface area contributed by atoms with Gasteiger partial charge in [0.15, 0.2) is 0 Å². The highest BCUT2D eigenvalue weighted by Crippen LogP contribution is 2.60. The van der Waals surface area contributed by atoms with Crippen LogP contribution in [0.2, 0.25) is 0 Å². The van der Waals surface area contributed by atoms with E-state index in [0.29, 0.717) is 30.9 Å². The zero-order chi connectivity index (χ0) is 19.4. The molecule has 4 atom stereocenters. The number of piperidine rings is 1. The Hall–Kier alpha value is -0.980. The summed E-state index contributed by atoms with van der Waals surface area (Å²) in [6, 6.07) is 0.559. The van der Waals surface area contributed by atoms with Crippen LogP contribution in [0.5, 0.6) is 0 Å². The first-order valence-electron chi connectivity index (χ1n) is 10.5. The lowest BCUT2D eigenvalue weighted by atomic mass is 9.64. The van der Waals surface area contributed by atoms with E-state index in [1.165, 1.54) is 0 Å². The number of hydrogen-bond donors (Lipinski definition) is 0. The fourth-order valence-electron chi connectivity index (χ4n) is 6.29. The van der Waals surface area contributed by atoms with Crippen molar-refractivity contribution in [3.63, 3.8) is 0 Å². The summed E-state index contributed by atoms with van der Waals surface area (Å²) in [5, 5.41) is 0. The Labute approximate surface area is 159 Å². The van der Waals surface area contributed by atoms with Crippen LogP contribution in [-0.4, -0.2) is 60.9 Å². The maximum Gasteiger partial charge on any atom is 0.409 e. The third-order valence-corrected chi connectivity index (χ3v) is 7.67. The summed E-state index contributed by atoms with van der Waals surface area (Å²) in [5.41, 5.74) is 0.256. The van der Waals surface area contributed by atoms with Gasteiger partial charge in [-0.3, -0.25) is 4.90 Å². The van der Waals surface area contributed by atoms with E-state index >= 15 is 0 Å². The Kier molecular flexibility index (Phi) is 4.88. The van der Waals surface area contributed by atoms with Crippen LogP contribution in [0.4, 0.5) is 18.0 Å². The number of nitrogens with zero attached hydrogens (tertiary/aromatic N) is 2. The zero-order valence-electron chi connectivity index (χ0n) is 16.3. The van der Waals surface area contributed by atoms with Gasteiger partial charge in [0.1, 0.15) is 0 Å². The average Bonchev–Trinajstić information content (AvgIpc) is 2.95. The summed E-state index contributed by atoms with van der Waals surface area (Å²) in [4.78, 5) is 16.3. The quantitative estimate of drug-likeness (QED) is 0.709. The summed E-state index contributed by atoms with van der Waals surface area (Å²) in [6.07, 6.45) is -0.928. The monoisotopic (exact) mass is 388 g/mol. The standard InChI is InChI=1S/C20H31F3N2O2/c1-3-13(7-20(21,22)23)17-15-10-25(11-16(15)17)14-8-19(9-14)5-6-24(12-19)18(26)27-4-2/h13-17H,3-12H2,1-2H3/t13?,14?,15-,16+,17+,19?. The van der Waals surface area contributed by atoms with Gasteiger partial charge in [-0.25, -0.2) is 4.79 Å². The molecule has 4 rings (SSSR count). The maximum absolute atomic E-state index is 12.8. The van der Waals surface area contributed by atoms with Crippen LogP contribution in [0.15, 0.2) is 0 Å². The first-order chi connectivity index (χ1) is 12.8. The summed E-state index contributed by atoms with van der Waals surface area (Å²) in [6.45, 7) is 7.68. The van der Waals surface area contributed by atoms with Gasteiger partial charge in [0.05, 0.1) is 6.61 Å². The Morgan fingerprint density at radius 2 is 1.89 bits per heavy atom. The lowest BCUT2D eigenvalue weighted by Gasteiger charge is -2.49. The number of rotatable bonds is 5. The molecule has 1 amide bonds. The number of likely N-dealkylation sites (tertiary alicyclic amines) is 2. The second-order valence-electron chi connectivity index (χ2n) is 9.28. The zero-order valence-corrected chi connectivity index (χ0v) is 16.3. The number of amides is 1. The van der Waals surface area contributed by atoms with Gasteiger partial charge in [-0.2, -0.15) is 13.2 Å². The fraction of sp³-hybridized carbons (Fsp3) is 0.950. The number of hydrogen-bond acceptors (Lipinski definition) is 3. The molecule has 4 fully saturated rings. The third-order valence-electron chi connectivity index (χ3n) is 7.67. The molecular formula is C20H31F3N2O2. The SMILES string of the molecule is CCOC(=O)N1CCC2(CC(N3C[C@@H]4[C@H](C3)[C@H]4C(CC)CC(F)(F)F)C2)C1. The lowest BCUT2D eigenvalue weighted by molar-refractivity contribution is -0.147. The van der Waals surface area contributed by atoms with Crippen LogP contribution in [0.3, 0.4) is 0 Å². The lowest BCUT2D eigenvalue weighted by Crippen LogP contribution is -2.52. The summed E-state index contributed by atoms with van der Waals surface area (Å²) >= 11 is 0. The number of alkyl halides is 3. The van der Waals surface area contributed by atoms with Crippen molar-refractivity contribution in [1.29, 1.82) is 0 Å². The van der Waals surface area contributed by atoms with E-state index in [0.717, 1.165) is 45.4 Å². The third kappa shape index (κ3) is 3.68. The number of ether oxygens (including phenoxy) is 1. The molecule has 2 aliphatic carbocycles. The van der Waals surface area contributed by atoms with E-state index in [4.69, 9.17) is 4.74 Å². The minimum absolute atomic E-state index is 0.192. The largest absolute Gasteiger partial charge is 0.450 e. The Bertz CT molecular complexity index is 564. The van der Waals surface area contributed by atoms with E-state index in [1.807, 2.05) is 18.7 Å². The van der Waals surface area contributed by atoms with Crippen molar-refractivity contribution in [2.75, 3.05) is 32.8 Å². The first-order valence-corrected chi connectivity index (χ1v) is 10.5. The molecule has 2 aliphatic heterocycles. The first kappa shape index (κ1) is 19.3. The van der Waals surface area contributed by atoms with Crippen LogP contribution in [0, 0.1) is 29.1 Å². The van der Waals surface area contributed by atoms with Crippen molar-refractivity contribution in [3.05, 3.63) is 0 Å². The van der Waals surface area contributed by atoms with Gasteiger partial charge in [0.2, 0.25) is 0 Å². The molecule has 154 valence electrons. The Balaban J connectivity index is 1.23. The smallest absolute Gasteiger partial charge is 0.409 e. The van der Waals surface area contributed by atoms with E-state index in [9.17, 15) is 18.0 Å². The molecule has 2 saturated heterocycles. The Morgan fingerprint density at radius 3 is 2.44 bits per heavy atom. The van der Waals surface area contributed by atoms with E-state index in [2.05, 4.69) is 4.90 Å². The second kappa shape index (κ2) is 6.82. The molecule has 0 radical (unpaired) electrons. The highest BCUT2D eigenvalue weighted by atomic mass is 19.4. The van der Waals surface area contributed by atoms with Gasteiger partial charge in [-0.15, -0.1) is 0 Å². The van der Waals surface area contributed by atoms with Gasteiger partial charge in [0, 0.05) is 38.6 Å². The molecule has 0 bridgehead atoms. The van der Waals surface area contributed by atoms with Crippen molar-refractivity contribution in [1.82, 2.24) is 9.80 Å². The van der Waals surface area contributed by atoms with Gasteiger partial charge in [0.25, 0.3) is 0 Å². The van der Waals surface area contributed by atoms with Crippen LogP contribution < -0.4 is 0 Å². The fourth-order valence-corrected chi connectivity index (χ4v) is 6.29. The van der Waals surface area contributed by atoms with Gasteiger partial charge in [-0.1, -0.05) is 13.3 Å². The second-order valence-corrected chi connectivity index (χ2v) is 9.28. The molecular weight excluding hydrogens is 357 g/mol. The molecule has 1 unspecified atom stereocenters. The van der Waals surface area contributed by atoms with Gasteiger partial charge >= 0.3 is 12.3 Å². The minimum Gasteiger partial charge on any atom is -0.450 e. The van der Waals surface area contributed by atoms with Crippen LogP contribution in [0.25, 0.3) is 0 Å². The number of halogens is 3. The van der Waals surface area contributed by atoms with E-state index in [-0.39, 0.29) is 23.3 Å². The van der Waals surface area contributed by atoms with Crippen molar-refractivity contribution in [2.24, 2.45) is 29.1 Å². The van der Waals surface area contributed by atoms with Crippen LogP contribution in [-0.2, 0) is 4.74 Å². The predicted molar refractivity (Wildman–Crippen MR) is 95.2 cm³/mol. The normalized spacial score (nSPS) is 39.4. The molecule has 0 aromatic heterocycles. The van der Waals surface area contributed by atoms with Crippen molar-refractivity contribution < 1.29 is 22.7 Å². The topological polar surface area (TPSA) is 32.8 Å². The molecule has 4 nitrogen and oxygen atoms in total. The highest BCUT2D eigenvalue weighted by Gasteiger charge is 2.62. The molecule has 2 saturated carbocycles. The molecule has 7 heteroatoms. The molecule has 0 N–H and O–H groups in total. The van der Waals surface area contributed by atoms with E-state index < -0.39 is 12.6 Å². The molecule has 0 aromatic carbocycles. The number of fused-ring (bicyclic) bond motifs is 1. The number of carbonyl (C=O) groups is 1. The Morgan fingerprint density at radius 1 is 1.22 bits per heavy atom. The highest BCUT2D eigenvalue weighted by molar-refractivity contribution is 5.68. The van der Waals surface area contributed by atoms with Gasteiger partial charge < -0.3 is 9.64 Å². The van der Waals surface area contributed by atoms with E-state index in [1.54, 1.807) is 0 Å². The van der Waals surface area contributed by atoms with Gasteiger partial charge in [-0.05, 0) is 55.3 Å². The van der Waals surface area contributed by atoms with Crippen molar-refractivity contribution in [2.45, 2.75) is 58.2 Å². The minimum atomic E-state index is -4.04. The van der Waals surface area contributed by atoms with Crippen LogP contribution >= 0.6 is 0 Å². The summed E-state index contributed by atoms with van der Waals surface area (Å²) in [7, 11) is 0. The van der Waals surface area contributed by atoms with Crippen molar-refractivity contribution >= 4 is 6.09 Å². The maximum atomic E-state index is 12.8. The summed E-state index contributed by atoms with van der Waals surface area (Å²) < 4.78 is 43.5. The molecule has 4 aliphatic rings. The predicted octanol–water partition coefficient (Wildman–Crippen LogP) is 4.15. The van der Waals surface area contributed by atoms with Crippen LogP contribution in [0.1, 0.15) is 46.0 Å². The number of carbonyl (C=O) groups excluding carboxylic acids is 1. The summed E-state index contributed by atoms with van der Waals surface area (Å²) in [5.74, 6) is 1.05. The average molecular weight is 388 g/mol.